The van der Waals surface area contributed by atoms with E-state index in [1.165, 1.54) is 18.2 Å². The van der Waals surface area contributed by atoms with Crippen LogP contribution in [0.25, 0.3) is 11.1 Å². The number of hydrogen-bond donors (Lipinski definition) is 3. The smallest absolute Gasteiger partial charge is 0.478 e. The number of nitrogens with zero attached hydrogens (tertiary/aromatic N) is 1. The van der Waals surface area contributed by atoms with Crippen LogP contribution in [0.5, 0.6) is 17.4 Å². The maximum Gasteiger partial charge on any atom is 0.573 e. The van der Waals surface area contributed by atoms with Gasteiger partial charge in [0.2, 0.25) is 15.9 Å². The third kappa shape index (κ3) is 6.30. The maximum absolute atomic E-state index is 14.8. The van der Waals surface area contributed by atoms with Crippen molar-refractivity contribution in [2.45, 2.75) is 17.2 Å². The molecule has 1 aliphatic rings. The standard InChI is InChI=1S/C22H16F4N2O7S2/c1-37(32,33)28-19-17-13(20(29)30)9-16(27-18(17)21(31)36-19)34-15-6-5-11(8-14(15)23)10-3-2-4-12(7-10)35-22(24,25)26/h2-9,19,21,28,31H,1H3,(H,29,30). The second kappa shape index (κ2) is 9.81. The summed E-state index contributed by atoms with van der Waals surface area (Å²) < 4.78 is 87.1. The van der Waals surface area contributed by atoms with Crippen LogP contribution in [0.3, 0.4) is 0 Å². The minimum Gasteiger partial charge on any atom is -0.478 e. The average Bonchev–Trinajstić information content (AvgIpc) is 3.07. The van der Waals surface area contributed by atoms with E-state index in [1.54, 1.807) is 0 Å². The summed E-state index contributed by atoms with van der Waals surface area (Å²) in [5.41, 5.74) is -1.62. The van der Waals surface area contributed by atoms with Gasteiger partial charge in [-0.15, -0.1) is 13.2 Å². The van der Waals surface area contributed by atoms with Gasteiger partial charge in [-0.25, -0.2) is 22.6 Å². The van der Waals surface area contributed by atoms with Gasteiger partial charge in [-0.2, -0.15) is 4.72 Å². The molecule has 9 nitrogen and oxygen atoms in total. The van der Waals surface area contributed by atoms with Gasteiger partial charge in [0.05, 0.1) is 22.9 Å². The number of hydrogen-bond acceptors (Lipinski definition) is 8. The van der Waals surface area contributed by atoms with Crippen LogP contribution in [0.2, 0.25) is 0 Å². The van der Waals surface area contributed by atoms with Crippen molar-refractivity contribution >= 4 is 27.8 Å². The summed E-state index contributed by atoms with van der Waals surface area (Å²) in [7, 11) is -3.77. The topological polar surface area (TPSA) is 135 Å². The fourth-order valence-electron chi connectivity index (χ4n) is 3.53. The highest BCUT2D eigenvalue weighted by molar-refractivity contribution is 8.00. The van der Waals surface area contributed by atoms with Gasteiger partial charge in [-0.1, -0.05) is 30.0 Å². The average molecular weight is 561 g/mol. The van der Waals surface area contributed by atoms with Crippen molar-refractivity contribution in [2.75, 3.05) is 6.26 Å². The highest BCUT2D eigenvalue weighted by atomic mass is 32.2. The second-order valence-corrected chi connectivity index (χ2v) is 10.7. The molecule has 0 saturated carbocycles. The Morgan fingerprint density at radius 2 is 1.84 bits per heavy atom. The van der Waals surface area contributed by atoms with E-state index in [0.717, 1.165) is 36.6 Å². The van der Waals surface area contributed by atoms with Gasteiger partial charge in [0.15, 0.2) is 11.6 Å². The van der Waals surface area contributed by atoms with E-state index in [0.29, 0.717) is 11.8 Å². The number of aliphatic hydroxyl groups excluding tert-OH is 1. The van der Waals surface area contributed by atoms with Crippen LogP contribution in [0.4, 0.5) is 17.6 Å². The number of aliphatic hydroxyl groups is 1. The lowest BCUT2D eigenvalue weighted by Gasteiger charge is -2.14. The molecule has 0 aliphatic carbocycles. The van der Waals surface area contributed by atoms with Crippen molar-refractivity contribution in [3.8, 4) is 28.5 Å². The summed E-state index contributed by atoms with van der Waals surface area (Å²) in [4.78, 5) is 15.9. The molecule has 2 aromatic carbocycles. The zero-order chi connectivity index (χ0) is 27.1. The number of ether oxygens (including phenoxy) is 2. The quantitative estimate of drug-likeness (QED) is 0.356. The van der Waals surface area contributed by atoms with E-state index >= 15 is 0 Å². The molecular weight excluding hydrogens is 544 g/mol. The van der Waals surface area contributed by atoms with Gasteiger partial charge in [0.25, 0.3) is 0 Å². The molecule has 15 heteroatoms. The van der Waals surface area contributed by atoms with Crippen molar-refractivity contribution in [3.05, 3.63) is 71.2 Å². The number of pyridine rings is 1. The number of rotatable bonds is 7. The molecule has 0 saturated heterocycles. The molecule has 3 aromatic rings. The van der Waals surface area contributed by atoms with Crippen molar-refractivity contribution in [3.63, 3.8) is 0 Å². The Labute approximate surface area is 211 Å². The van der Waals surface area contributed by atoms with Crippen LogP contribution >= 0.6 is 11.8 Å². The predicted octanol–water partition coefficient (Wildman–Crippen LogP) is 4.56. The van der Waals surface area contributed by atoms with Gasteiger partial charge >= 0.3 is 12.3 Å². The number of halogens is 4. The molecule has 0 fully saturated rings. The van der Waals surface area contributed by atoms with Gasteiger partial charge in [0.1, 0.15) is 11.2 Å². The Morgan fingerprint density at radius 3 is 2.46 bits per heavy atom. The van der Waals surface area contributed by atoms with Crippen molar-refractivity contribution in [1.82, 2.24) is 9.71 Å². The Hall–Kier alpha value is -3.40. The lowest BCUT2D eigenvalue weighted by atomic mass is 10.1. The molecule has 3 N–H and O–H groups in total. The normalized spacial score (nSPS) is 17.4. The highest BCUT2D eigenvalue weighted by Crippen LogP contribution is 2.49. The number of carbonyl (C=O) groups is 1. The third-order valence-corrected chi connectivity index (χ3v) is 6.84. The first-order valence-electron chi connectivity index (χ1n) is 10.1. The summed E-state index contributed by atoms with van der Waals surface area (Å²) in [6, 6.07) is 9.38. The Kier molecular flexibility index (Phi) is 7.07. The number of sulfonamides is 1. The lowest BCUT2D eigenvalue weighted by molar-refractivity contribution is -0.274. The SMILES string of the molecule is CS(=O)(=O)NC1SC(O)c2nc(Oc3ccc(-c4cccc(OC(F)(F)F)c4)cc3F)cc(C(=O)O)c21. The van der Waals surface area contributed by atoms with E-state index in [-0.39, 0.29) is 34.0 Å². The van der Waals surface area contributed by atoms with Crippen LogP contribution in [-0.4, -0.2) is 42.2 Å². The molecule has 0 amide bonds. The molecule has 196 valence electrons. The first-order chi connectivity index (χ1) is 17.2. The molecular formula is C22H16F4N2O7S2. The largest absolute Gasteiger partial charge is 0.573 e. The number of aromatic nitrogens is 1. The molecule has 4 rings (SSSR count). The van der Waals surface area contributed by atoms with Crippen LogP contribution < -0.4 is 14.2 Å². The van der Waals surface area contributed by atoms with Gasteiger partial charge < -0.3 is 19.7 Å². The fourth-order valence-corrected chi connectivity index (χ4v) is 5.74. The number of carboxylic acids is 1. The first-order valence-corrected chi connectivity index (χ1v) is 13.0. The lowest BCUT2D eigenvalue weighted by Crippen LogP contribution is -2.25. The molecule has 0 spiro atoms. The Bertz CT molecular complexity index is 1480. The Morgan fingerprint density at radius 1 is 1.14 bits per heavy atom. The zero-order valence-electron chi connectivity index (χ0n) is 18.5. The molecule has 0 bridgehead atoms. The molecule has 2 atom stereocenters. The van der Waals surface area contributed by atoms with Crippen LogP contribution in [-0.2, 0) is 10.0 Å². The minimum absolute atomic E-state index is 0.0699. The molecule has 0 radical (unpaired) electrons. The number of fused-ring (bicyclic) bond motifs is 1. The fraction of sp³-hybridized carbons (Fsp3) is 0.182. The number of nitrogens with one attached hydrogen (secondary N) is 1. The van der Waals surface area contributed by atoms with Crippen molar-refractivity contribution in [2.24, 2.45) is 0 Å². The van der Waals surface area contributed by atoms with E-state index in [9.17, 15) is 41.0 Å². The number of aromatic carboxylic acids is 1. The second-order valence-electron chi connectivity index (χ2n) is 7.69. The van der Waals surface area contributed by atoms with Gasteiger partial charge in [-0.3, -0.25) is 0 Å². The van der Waals surface area contributed by atoms with Crippen LogP contribution in [0, 0.1) is 5.82 Å². The molecule has 1 aliphatic heterocycles. The van der Waals surface area contributed by atoms with Gasteiger partial charge in [-0.05, 0) is 35.4 Å². The maximum atomic E-state index is 14.8. The van der Waals surface area contributed by atoms with Gasteiger partial charge in [0, 0.05) is 11.6 Å². The third-order valence-electron chi connectivity index (χ3n) is 4.92. The van der Waals surface area contributed by atoms with Crippen LogP contribution in [0.1, 0.15) is 32.4 Å². The summed E-state index contributed by atoms with van der Waals surface area (Å²) in [6.07, 6.45) is -4.03. The zero-order valence-corrected chi connectivity index (χ0v) is 20.1. The van der Waals surface area contributed by atoms with Crippen molar-refractivity contribution in [1.29, 1.82) is 0 Å². The molecule has 2 unspecified atom stereocenters. The van der Waals surface area contributed by atoms with E-state index in [4.69, 9.17) is 4.74 Å². The van der Waals surface area contributed by atoms with E-state index < -0.39 is 50.3 Å². The summed E-state index contributed by atoms with van der Waals surface area (Å²) in [6.45, 7) is 0. The predicted molar refractivity (Wildman–Crippen MR) is 123 cm³/mol. The number of carboxylic acid groups (broad SMARTS) is 1. The van der Waals surface area contributed by atoms with E-state index in [1.807, 2.05) is 0 Å². The van der Waals surface area contributed by atoms with Crippen LogP contribution in [0.15, 0.2) is 48.5 Å². The monoisotopic (exact) mass is 560 g/mol. The summed E-state index contributed by atoms with van der Waals surface area (Å²) in [5, 5.41) is 18.8. The van der Waals surface area contributed by atoms with Crippen molar-refractivity contribution < 1.29 is 50.5 Å². The number of thioether (sulfide) groups is 1. The molecule has 37 heavy (non-hydrogen) atoms. The van der Waals surface area contributed by atoms with E-state index in [2.05, 4.69) is 14.4 Å². The first kappa shape index (κ1) is 26.7. The number of alkyl halides is 3. The molecule has 1 aromatic heterocycles. The summed E-state index contributed by atoms with van der Waals surface area (Å²) >= 11 is 0.704. The Balaban J connectivity index is 1.64. The minimum atomic E-state index is -4.90. The molecule has 2 heterocycles. The highest BCUT2D eigenvalue weighted by Gasteiger charge is 2.38. The summed E-state index contributed by atoms with van der Waals surface area (Å²) in [5.74, 6) is -3.67. The number of benzene rings is 2.